The summed E-state index contributed by atoms with van der Waals surface area (Å²) in [7, 11) is 1.60. The predicted molar refractivity (Wildman–Crippen MR) is 130 cm³/mol. The van der Waals surface area contributed by atoms with Crippen LogP contribution in [0.25, 0.3) is 6.08 Å². The Bertz CT molecular complexity index is 1030. The van der Waals surface area contributed by atoms with Crippen LogP contribution in [0.1, 0.15) is 11.1 Å². The number of piperazine rings is 1. The average molecular weight is 450 g/mol. The van der Waals surface area contributed by atoms with Crippen LogP contribution in [0.5, 0.6) is 11.5 Å². The summed E-state index contributed by atoms with van der Waals surface area (Å²) in [5.74, 6) is 1.07. The number of carbonyl (C=O) groups excluding carboxylic acids is 1. The summed E-state index contributed by atoms with van der Waals surface area (Å²) < 4.78 is 11.0. The van der Waals surface area contributed by atoms with E-state index in [0.717, 1.165) is 43.5 Å². The second kappa shape index (κ2) is 10.5. The van der Waals surface area contributed by atoms with Crippen molar-refractivity contribution in [2.24, 2.45) is 4.99 Å². The molecule has 1 amide bonds. The third-order valence-corrected chi connectivity index (χ3v) is 6.39. The van der Waals surface area contributed by atoms with Gasteiger partial charge in [0, 0.05) is 32.7 Å². The van der Waals surface area contributed by atoms with Crippen molar-refractivity contribution in [3.8, 4) is 11.5 Å². The van der Waals surface area contributed by atoms with E-state index < -0.39 is 0 Å². The third kappa shape index (κ3) is 5.41. The monoisotopic (exact) mass is 449 g/mol. The molecule has 0 aromatic heterocycles. The Balaban J connectivity index is 1.36. The topological polar surface area (TPSA) is 54.4 Å². The van der Waals surface area contributed by atoms with Gasteiger partial charge in [-0.2, -0.15) is 4.99 Å². The van der Waals surface area contributed by atoms with Gasteiger partial charge < -0.3 is 14.4 Å². The van der Waals surface area contributed by atoms with Crippen LogP contribution in [-0.4, -0.2) is 60.8 Å². The van der Waals surface area contributed by atoms with Gasteiger partial charge in [0.25, 0.3) is 5.91 Å². The number of thioether (sulfide) groups is 1. The van der Waals surface area contributed by atoms with Gasteiger partial charge in [-0.3, -0.25) is 9.69 Å². The zero-order valence-electron chi connectivity index (χ0n) is 18.2. The highest BCUT2D eigenvalue weighted by molar-refractivity contribution is 8.18. The number of carbonyl (C=O) groups is 1. The number of methoxy groups -OCH3 is 1. The molecule has 0 atom stereocenters. The molecule has 1 fully saturated rings. The summed E-state index contributed by atoms with van der Waals surface area (Å²) in [4.78, 5) is 22.1. The molecule has 2 aliphatic rings. The molecule has 0 aliphatic carbocycles. The Morgan fingerprint density at radius 3 is 2.59 bits per heavy atom. The second-order valence-corrected chi connectivity index (χ2v) is 8.58. The number of ether oxygens (including phenoxy) is 2. The minimum atomic E-state index is -0.192. The first-order chi connectivity index (χ1) is 15.7. The van der Waals surface area contributed by atoms with Gasteiger partial charge in [0.2, 0.25) is 0 Å². The van der Waals surface area contributed by atoms with Gasteiger partial charge in [0.15, 0.2) is 16.7 Å². The van der Waals surface area contributed by atoms with Gasteiger partial charge in [-0.25, -0.2) is 0 Å². The number of amides is 1. The number of hydrogen-bond acceptors (Lipinski definition) is 6. The molecule has 0 saturated carbocycles. The van der Waals surface area contributed by atoms with Crippen LogP contribution in [0.2, 0.25) is 0 Å². The Morgan fingerprint density at radius 2 is 1.88 bits per heavy atom. The fourth-order valence-corrected chi connectivity index (χ4v) is 4.63. The number of nitrogens with zero attached hydrogens (tertiary/aromatic N) is 3. The number of rotatable bonds is 7. The summed E-state index contributed by atoms with van der Waals surface area (Å²) in [6.45, 7) is 8.64. The molecule has 0 spiro atoms. The van der Waals surface area contributed by atoms with Crippen LogP contribution in [0.3, 0.4) is 0 Å². The molecule has 2 aromatic rings. The molecule has 32 heavy (non-hydrogen) atoms. The highest BCUT2D eigenvalue weighted by Crippen LogP contribution is 2.33. The highest BCUT2D eigenvalue weighted by Gasteiger charge is 2.28. The Morgan fingerprint density at radius 1 is 1.09 bits per heavy atom. The van der Waals surface area contributed by atoms with Gasteiger partial charge in [-0.05, 0) is 41.1 Å². The van der Waals surface area contributed by atoms with Crippen molar-refractivity contribution in [2.75, 3.05) is 39.9 Å². The molecule has 7 heteroatoms. The van der Waals surface area contributed by atoms with Crippen molar-refractivity contribution in [3.63, 3.8) is 0 Å². The van der Waals surface area contributed by atoms with E-state index in [0.29, 0.717) is 23.0 Å². The SMILES string of the molecule is C=CCOc1ccc(C=C2SC(N3CCN(Cc4ccccc4)CC3)=NC2=O)cc1OC. The van der Waals surface area contributed by atoms with E-state index in [1.165, 1.54) is 17.3 Å². The summed E-state index contributed by atoms with van der Waals surface area (Å²) in [5.41, 5.74) is 2.19. The van der Waals surface area contributed by atoms with E-state index in [4.69, 9.17) is 9.47 Å². The molecular formula is C25H27N3O3S. The van der Waals surface area contributed by atoms with Gasteiger partial charge in [-0.15, -0.1) is 0 Å². The lowest BCUT2D eigenvalue weighted by Crippen LogP contribution is -2.47. The van der Waals surface area contributed by atoms with Crippen LogP contribution in [0.4, 0.5) is 0 Å². The molecular weight excluding hydrogens is 422 g/mol. The lowest BCUT2D eigenvalue weighted by Gasteiger charge is -2.35. The summed E-state index contributed by atoms with van der Waals surface area (Å²) in [5, 5.41) is 0.790. The van der Waals surface area contributed by atoms with E-state index in [1.54, 1.807) is 13.2 Å². The smallest absolute Gasteiger partial charge is 0.286 e. The summed E-state index contributed by atoms with van der Waals surface area (Å²) in [6.07, 6.45) is 3.54. The van der Waals surface area contributed by atoms with Crippen LogP contribution in [-0.2, 0) is 11.3 Å². The van der Waals surface area contributed by atoms with E-state index in [2.05, 4.69) is 45.6 Å². The Labute approximate surface area is 193 Å². The first-order valence-electron chi connectivity index (χ1n) is 10.6. The first-order valence-corrected chi connectivity index (χ1v) is 11.4. The molecule has 2 heterocycles. The molecule has 1 saturated heterocycles. The quantitative estimate of drug-likeness (QED) is 0.470. The number of amidine groups is 1. The number of aliphatic imine (C=N–C) groups is 1. The maximum atomic E-state index is 12.5. The largest absolute Gasteiger partial charge is 0.493 e. The van der Waals surface area contributed by atoms with Crippen molar-refractivity contribution in [1.29, 1.82) is 0 Å². The maximum Gasteiger partial charge on any atom is 0.286 e. The summed E-state index contributed by atoms with van der Waals surface area (Å²) >= 11 is 1.44. The van der Waals surface area contributed by atoms with Gasteiger partial charge in [-0.1, -0.05) is 49.1 Å². The zero-order chi connectivity index (χ0) is 22.3. The van der Waals surface area contributed by atoms with Gasteiger partial charge >= 0.3 is 0 Å². The van der Waals surface area contributed by atoms with Crippen LogP contribution in [0.15, 0.2) is 71.1 Å². The fraction of sp³-hybridized carbons (Fsp3) is 0.280. The van der Waals surface area contributed by atoms with E-state index >= 15 is 0 Å². The van der Waals surface area contributed by atoms with Crippen LogP contribution in [0, 0.1) is 0 Å². The zero-order valence-corrected chi connectivity index (χ0v) is 19.0. The van der Waals surface area contributed by atoms with Crippen molar-refractivity contribution in [1.82, 2.24) is 9.80 Å². The second-order valence-electron chi connectivity index (χ2n) is 7.57. The molecule has 0 bridgehead atoms. The Kier molecular flexibility index (Phi) is 7.29. The molecule has 2 aromatic carbocycles. The minimum Gasteiger partial charge on any atom is -0.493 e. The molecule has 0 radical (unpaired) electrons. The van der Waals surface area contributed by atoms with Crippen molar-refractivity contribution in [2.45, 2.75) is 6.54 Å². The molecule has 2 aliphatic heterocycles. The molecule has 166 valence electrons. The number of hydrogen-bond donors (Lipinski definition) is 0. The van der Waals surface area contributed by atoms with Crippen molar-refractivity contribution in [3.05, 3.63) is 77.2 Å². The third-order valence-electron chi connectivity index (χ3n) is 5.34. The molecule has 4 rings (SSSR count). The average Bonchev–Trinajstić information content (AvgIpc) is 3.19. The highest BCUT2D eigenvalue weighted by atomic mass is 32.2. The number of benzene rings is 2. The normalized spacial score (nSPS) is 18.0. The molecule has 6 nitrogen and oxygen atoms in total. The molecule has 0 N–H and O–H groups in total. The van der Waals surface area contributed by atoms with Crippen molar-refractivity contribution >= 4 is 28.9 Å². The summed E-state index contributed by atoms with van der Waals surface area (Å²) in [6, 6.07) is 16.1. The fourth-order valence-electron chi connectivity index (χ4n) is 3.67. The lowest BCUT2D eigenvalue weighted by atomic mass is 10.2. The molecule has 0 unspecified atom stereocenters. The standard InChI is InChI=1S/C25H27N3O3S/c1-3-15-31-21-10-9-20(16-22(21)30-2)17-23-24(29)26-25(32-23)28-13-11-27(12-14-28)18-19-7-5-4-6-8-19/h3-10,16-17H,1,11-15,18H2,2H3. The van der Waals surface area contributed by atoms with Crippen molar-refractivity contribution < 1.29 is 14.3 Å². The van der Waals surface area contributed by atoms with E-state index in [9.17, 15) is 4.79 Å². The van der Waals surface area contributed by atoms with E-state index in [-0.39, 0.29) is 5.91 Å². The maximum absolute atomic E-state index is 12.5. The van der Waals surface area contributed by atoms with Gasteiger partial charge in [0.1, 0.15) is 6.61 Å². The predicted octanol–water partition coefficient (Wildman–Crippen LogP) is 4.05. The first kappa shape index (κ1) is 22.2. The Hall–Kier alpha value is -3.03. The lowest BCUT2D eigenvalue weighted by molar-refractivity contribution is -0.113. The van der Waals surface area contributed by atoms with E-state index in [1.807, 2.05) is 30.3 Å². The van der Waals surface area contributed by atoms with Crippen LogP contribution >= 0.6 is 11.8 Å². The van der Waals surface area contributed by atoms with Gasteiger partial charge in [0.05, 0.1) is 12.0 Å². The van der Waals surface area contributed by atoms with Crippen LogP contribution < -0.4 is 9.47 Å². The minimum absolute atomic E-state index is 0.192.